The Bertz CT molecular complexity index is 446. The van der Waals surface area contributed by atoms with Gasteiger partial charge in [0.2, 0.25) is 6.69 Å². The van der Waals surface area contributed by atoms with Crippen LogP contribution in [0.5, 0.6) is 0 Å². The average molecular weight is 444 g/mol. The number of rotatable bonds is 12. The lowest BCUT2D eigenvalue weighted by Gasteiger charge is -2.21. The highest BCUT2D eigenvalue weighted by Gasteiger charge is 2.30. The Morgan fingerprint density at radius 2 is 1.29 bits per heavy atom. The molecule has 6 heteroatoms. The molecule has 24 heavy (non-hydrogen) atoms. The maximum absolute atomic E-state index is 6.67. The van der Waals surface area contributed by atoms with Gasteiger partial charge in [-0.25, -0.2) is 0 Å². The van der Waals surface area contributed by atoms with Crippen LogP contribution in [0.15, 0.2) is 30.3 Å². The highest BCUT2D eigenvalue weighted by atomic mass is 35.7. The van der Waals surface area contributed by atoms with E-state index in [2.05, 4.69) is 31.2 Å². The van der Waals surface area contributed by atoms with Gasteiger partial charge in [0.1, 0.15) is 0 Å². The van der Waals surface area contributed by atoms with E-state index in [9.17, 15) is 0 Å². The van der Waals surface area contributed by atoms with Crippen LogP contribution in [0.3, 0.4) is 0 Å². The zero-order valence-corrected chi connectivity index (χ0v) is 19.9. The topological polar surface area (TPSA) is 0 Å². The third-order valence-corrected chi connectivity index (χ3v) is 11.1. The molecular weight excluding hydrogens is 414 g/mol. The summed E-state index contributed by atoms with van der Waals surface area (Å²) in [7, 11) is 0. The molecule has 1 unspecified atom stereocenters. The van der Waals surface area contributed by atoms with Gasteiger partial charge in [-0.05, 0) is 36.2 Å². The summed E-state index contributed by atoms with van der Waals surface area (Å²) >= 11 is 25.6. The van der Waals surface area contributed by atoms with Crippen molar-refractivity contribution < 1.29 is 0 Å². The van der Waals surface area contributed by atoms with E-state index < -0.39 is 13.4 Å². The highest BCUT2D eigenvalue weighted by molar-refractivity contribution is 7.45. The lowest BCUT2D eigenvalue weighted by atomic mass is 10.0. The second-order valence-electron chi connectivity index (χ2n) is 7.06. The van der Waals surface area contributed by atoms with Crippen LogP contribution in [0, 0.1) is 0 Å². The summed E-state index contributed by atoms with van der Waals surface area (Å²) < 4.78 is 0. The molecular formula is C18H30Cl4Si2. The SMILES string of the molecule is CC(C[Si](Cl)(Cl)CCCCCCCC[Si](C)(Cl)Cl)c1ccccc1. The van der Waals surface area contributed by atoms with Crippen LogP contribution in [0.25, 0.3) is 0 Å². The minimum absolute atomic E-state index is 0.442. The summed E-state index contributed by atoms with van der Waals surface area (Å²) in [4.78, 5) is 0. The van der Waals surface area contributed by atoms with Crippen molar-refractivity contribution in [2.45, 2.75) is 76.0 Å². The smallest absolute Gasteiger partial charge is 0.146 e. The van der Waals surface area contributed by atoms with Gasteiger partial charge in [-0.3, -0.25) is 0 Å². The van der Waals surface area contributed by atoms with E-state index in [0.29, 0.717) is 5.92 Å². The molecule has 1 aromatic carbocycles. The Hall–Kier alpha value is 0.814. The molecule has 0 aliphatic carbocycles. The van der Waals surface area contributed by atoms with Crippen molar-refractivity contribution in [2.75, 3.05) is 0 Å². The third-order valence-electron chi connectivity index (χ3n) is 4.38. The van der Waals surface area contributed by atoms with E-state index in [1.807, 2.05) is 12.6 Å². The fraction of sp³-hybridized carbons (Fsp3) is 0.667. The summed E-state index contributed by atoms with van der Waals surface area (Å²) in [5.74, 6) is 0.442. The Kier molecular flexibility index (Phi) is 11.0. The third kappa shape index (κ3) is 11.4. The van der Waals surface area contributed by atoms with Crippen molar-refractivity contribution in [3.63, 3.8) is 0 Å². The molecule has 0 aliphatic rings. The van der Waals surface area contributed by atoms with Crippen molar-refractivity contribution in [1.82, 2.24) is 0 Å². The first-order valence-corrected chi connectivity index (χ1v) is 18.2. The average Bonchev–Trinajstić information content (AvgIpc) is 2.49. The van der Waals surface area contributed by atoms with Crippen LogP contribution in [0.1, 0.15) is 56.9 Å². The molecule has 138 valence electrons. The lowest BCUT2D eigenvalue weighted by molar-refractivity contribution is 0.621. The van der Waals surface area contributed by atoms with Gasteiger partial charge in [-0.2, -0.15) is 0 Å². The maximum Gasteiger partial charge on any atom is 0.251 e. The summed E-state index contributed by atoms with van der Waals surface area (Å²) in [6.45, 7) is 0.206. The summed E-state index contributed by atoms with van der Waals surface area (Å²) in [5, 5.41) is 0. The van der Waals surface area contributed by atoms with Gasteiger partial charge in [0.15, 0.2) is 0 Å². The maximum atomic E-state index is 6.67. The molecule has 1 aromatic rings. The summed E-state index contributed by atoms with van der Waals surface area (Å²) in [6, 6.07) is 13.5. The van der Waals surface area contributed by atoms with E-state index in [0.717, 1.165) is 31.0 Å². The molecule has 0 radical (unpaired) electrons. The van der Waals surface area contributed by atoms with Crippen molar-refractivity contribution >= 4 is 57.7 Å². The Balaban J connectivity index is 2.13. The fourth-order valence-corrected chi connectivity index (χ4v) is 8.94. The monoisotopic (exact) mass is 442 g/mol. The molecule has 1 atom stereocenters. The van der Waals surface area contributed by atoms with Crippen LogP contribution < -0.4 is 0 Å². The Morgan fingerprint density at radius 1 is 0.792 bits per heavy atom. The summed E-state index contributed by atoms with van der Waals surface area (Å²) in [6.07, 6.45) is 7.29. The Labute approximate surface area is 169 Å². The number of hydrogen-bond donors (Lipinski definition) is 0. The van der Waals surface area contributed by atoms with E-state index in [4.69, 9.17) is 44.3 Å². The predicted molar refractivity (Wildman–Crippen MR) is 118 cm³/mol. The lowest BCUT2D eigenvalue weighted by Crippen LogP contribution is -2.21. The van der Waals surface area contributed by atoms with E-state index in [1.54, 1.807) is 0 Å². The molecule has 0 N–H and O–H groups in total. The van der Waals surface area contributed by atoms with Crippen LogP contribution in [0.4, 0.5) is 0 Å². The second kappa shape index (κ2) is 11.5. The molecule has 0 amide bonds. The molecule has 0 spiro atoms. The van der Waals surface area contributed by atoms with E-state index >= 15 is 0 Å². The number of benzene rings is 1. The molecule has 0 bridgehead atoms. The van der Waals surface area contributed by atoms with E-state index in [1.165, 1.54) is 31.2 Å². The van der Waals surface area contributed by atoms with Crippen molar-refractivity contribution in [1.29, 1.82) is 0 Å². The van der Waals surface area contributed by atoms with Crippen molar-refractivity contribution in [3.05, 3.63) is 35.9 Å². The number of halogens is 4. The minimum Gasteiger partial charge on any atom is -0.146 e. The van der Waals surface area contributed by atoms with Gasteiger partial charge in [0.25, 0.3) is 6.69 Å². The number of unbranched alkanes of at least 4 members (excludes halogenated alkanes) is 5. The molecule has 0 saturated heterocycles. The molecule has 0 nitrogen and oxygen atoms in total. The van der Waals surface area contributed by atoms with Crippen molar-refractivity contribution in [3.8, 4) is 0 Å². The molecule has 0 fully saturated rings. The van der Waals surface area contributed by atoms with Gasteiger partial charge in [-0.1, -0.05) is 75.8 Å². The normalized spacial score (nSPS) is 13.9. The largest absolute Gasteiger partial charge is 0.251 e. The van der Waals surface area contributed by atoms with Gasteiger partial charge in [0, 0.05) is 0 Å². The molecule has 0 aromatic heterocycles. The van der Waals surface area contributed by atoms with Crippen LogP contribution >= 0.6 is 44.3 Å². The molecule has 0 heterocycles. The zero-order chi connectivity index (χ0) is 18.1. The van der Waals surface area contributed by atoms with Crippen LogP contribution in [0.2, 0.25) is 24.7 Å². The first-order chi connectivity index (χ1) is 11.2. The molecule has 1 rings (SSSR count). The second-order valence-corrected chi connectivity index (χ2v) is 22.8. The van der Waals surface area contributed by atoms with Gasteiger partial charge in [-0.15, -0.1) is 44.3 Å². The Morgan fingerprint density at radius 3 is 1.83 bits per heavy atom. The van der Waals surface area contributed by atoms with E-state index in [-0.39, 0.29) is 0 Å². The first kappa shape index (κ1) is 22.9. The first-order valence-electron chi connectivity index (χ1n) is 9.00. The van der Waals surface area contributed by atoms with Gasteiger partial charge >= 0.3 is 0 Å². The minimum atomic E-state index is -2.13. The zero-order valence-electron chi connectivity index (χ0n) is 14.8. The standard InChI is InChI=1S/C18H30Cl4Si2/c1-17(18-12-8-7-9-13-18)16-24(21,22)15-11-6-4-3-5-10-14-23(2,19)20/h7-9,12-13,17H,3-6,10-11,14-16H2,1-2H3. The predicted octanol–water partition coefficient (Wildman–Crippen LogP) is 8.60. The highest BCUT2D eigenvalue weighted by Crippen LogP contribution is 2.35. The van der Waals surface area contributed by atoms with Crippen LogP contribution in [-0.2, 0) is 0 Å². The van der Waals surface area contributed by atoms with Gasteiger partial charge in [0.05, 0.1) is 0 Å². The fourth-order valence-electron chi connectivity index (χ4n) is 2.98. The summed E-state index contributed by atoms with van der Waals surface area (Å²) in [5.41, 5.74) is 1.34. The van der Waals surface area contributed by atoms with Crippen molar-refractivity contribution in [2.24, 2.45) is 0 Å². The number of hydrogen-bond acceptors (Lipinski definition) is 0. The molecule has 0 aliphatic heterocycles. The van der Waals surface area contributed by atoms with Crippen LogP contribution in [-0.4, -0.2) is 13.4 Å². The van der Waals surface area contributed by atoms with Gasteiger partial charge < -0.3 is 0 Å². The molecule has 0 saturated carbocycles. The quantitative estimate of drug-likeness (QED) is 0.172.